The summed E-state index contributed by atoms with van der Waals surface area (Å²) in [5.74, 6) is -0.227. The first-order valence-electron chi connectivity index (χ1n) is 8.72. The first kappa shape index (κ1) is 19.9. The molecule has 2 bridgehead atoms. The van der Waals surface area contributed by atoms with E-state index in [4.69, 9.17) is 14.2 Å². The van der Waals surface area contributed by atoms with Crippen molar-refractivity contribution in [1.82, 2.24) is 4.90 Å². The van der Waals surface area contributed by atoms with Gasteiger partial charge in [-0.15, -0.1) is 0 Å². The molecule has 3 unspecified atom stereocenters. The molecule has 2 heterocycles. The fourth-order valence-electron chi connectivity index (χ4n) is 4.01. The van der Waals surface area contributed by atoms with Crippen molar-refractivity contribution < 1.29 is 33.4 Å². The molecule has 2 N–H and O–H groups in total. The smallest absolute Gasteiger partial charge is 0.339 e. The number of carbonyl (C=O) groups is 1. The van der Waals surface area contributed by atoms with Gasteiger partial charge in [0.25, 0.3) is 5.95 Å². The van der Waals surface area contributed by atoms with Crippen LogP contribution in [0.5, 0.6) is 0 Å². The highest BCUT2D eigenvalue weighted by Gasteiger charge is 2.49. The maximum absolute atomic E-state index is 12.5. The van der Waals surface area contributed by atoms with Crippen LogP contribution in [0.15, 0.2) is 41.9 Å². The maximum atomic E-state index is 12.5. The van der Waals surface area contributed by atoms with Crippen LogP contribution in [-0.2, 0) is 18.8 Å². The standard InChI is InChI=1S/C18H24NO7P/c1-24-18(25-2)16-14-9-8-13(19(14)11-27(21,22)23)10-15(16)26-17(20)12-6-4-3-5-7-12/h3-7,13-15H,8-11H2,1-2H3,(H2,21,22,23). The fraction of sp³-hybridized carbons (Fsp3) is 0.500. The molecule has 2 saturated heterocycles. The number of fused-ring (bicyclic) bond motifs is 2. The fourth-order valence-corrected chi connectivity index (χ4v) is 4.86. The minimum atomic E-state index is -4.22. The van der Waals surface area contributed by atoms with Crippen molar-refractivity contribution in [1.29, 1.82) is 0 Å². The lowest BCUT2D eigenvalue weighted by Gasteiger charge is -2.40. The van der Waals surface area contributed by atoms with Crippen molar-refractivity contribution in [3.05, 3.63) is 47.4 Å². The number of methoxy groups -OCH3 is 2. The Bertz CT molecular complexity index is 754. The van der Waals surface area contributed by atoms with Gasteiger partial charge >= 0.3 is 13.6 Å². The summed E-state index contributed by atoms with van der Waals surface area (Å²) in [6, 6.07) is 8.31. The molecule has 0 saturated carbocycles. The topological polar surface area (TPSA) is 106 Å². The number of hydrogen-bond acceptors (Lipinski definition) is 6. The summed E-state index contributed by atoms with van der Waals surface area (Å²) in [6.45, 7) is 0. The highest BCUT2D eigenvalue weighted by Crippen LogP contribution is 2.47. The van der Waals surface area contributed by atoms with Crippen LogP contribution in [0.25, 0.3) is 0 Å². The Morgan fingerprint density at radius 1 is 1.19 bits per heavy atom. The van der Waals surface area contributed by atoms with Gasteiger partial charge in [-0.25, -0.2) is 4.79 Å². The van der Waals surface area contributed by atoms with Gasteiger partial charge in [0.1, 0.15) is 12.4 Å². The van der Waals surface area contributed by atoms with Gasteiger partial charge in [-0.05, 0) is 25.0 Å². The Hall–Kier alpha value is -1.86. The van der Waals surface area contributed by atoms with Crippen LogP contribution in [0.4, 0.5) is 0 Å². The van der Waals surface area contributed by atoms with Crippen molar-refractivity contribution in [2.24, 2.45) is 0 Å². The van der Waals surface area contributed by atoms with Crippen LogP contribution in [0.3, 0.4) is 0 Å². The molecule has 0 amide bonds. The molecule has 8 nitrogen and oxygen atoms in total. The van der Waals surface area contributed by atoms with Gasteiger partial charge in [-0.3, -0.25) is 9.46 Å². The van der Waals surface area contributed by atoms with E-state index in [0.29, 0.717) is 24.0 Å². The second-order valence-electron chi connectivity index (χ2n) is 6.71. The molecule has 0 aliphatic carbocycles. The van der Waals surface area contributed by atoms with Crippen molar-refractivity contribution in [2.45, 2.75) is 37.5 Å². The molecule has 0 aromatic heterocycles. The van der Waals surface area contributed by atoms with Crippen LogP contribution in [0, 0.1) is 0 Å². The predicted molar refractivity (Wildman–Crippen MR) is 96.9 cm³/mol. The summed E-state index contributed by atoms with van der Waals surface area (Å²) in [5, 5.41) is 0. The molecule has 148 valence electrons. The molecular weight excluding hydrogens is 373 g/mol. The highest BCUT2D eigenvalue weighted by atomic mass is 31.2. The Balaban J connectivity index is 1.90. The van der Waals surface area contributed by atoms with Gasteiger partial charge in [0.15, 0.2) is 0 Å². The molecule has 3 rings (SSSR count). The van der Waals surface area contributed by atoms with E-state index in [-0.39, 0.29) is 24.3 Å². The molecule has 1 aromatic rings. The van der Waals surface area contributed by atoms with E-state index in [1.54, 1.807) is 29.2 Å². The Labute approximate surface area is 157 Å². The van der Waals surface area contributed by atoms with Crippen molar-refractivity contribution >= 4 is 13.6 Å². The molecule has 9 heteroatoms. The number of ether oxygens (including phenoxy) is 3. The quantitative estimate of drug-likeness (QED) is 0.427. The van der Waals surface area contributed by atoms with Crippen LogP contribution in [-0.4, -0.2) is 59.3 Å². The molecular formula is C18H24NO7P. The monoisotopic (exact) mass is 397 g/mol. The molecule has 2 aliphatic heterocycles. The van der Waals surface area contributed by atoms with E-state index in [0.717, 1.165) is 6.42 Å². The van der Waals surface area contributed by atoms with Crippen LogP contribution in [0.2, 0.25) is 0 Å². The van der Waals surface area contributed by atoms with Gasteiger partial charge in [-0.1, -0.05) is 18.2 Å². The van der Waals surface area contributed by atoms with Crippen molar-refractivity contribution in [3.63, 3.8) is 0 Å². The Kier molecular flexibility index (Phi) is 5.91. The molecule has 1 aromatic carbocycles. The maximum Gasteiger partial charge on any atom is 0.339 e. The first-order chi connectivity index (χ1) is 12.8. The summed E-state index contributed by atoms with van der Waals surface area (Å²) >= 11 is 0. The summed E-state index contributed by atoms with van der Waals surface area (Å²) in [5.41, 5.74) is 1.06. The van der Waals surface area contributed by atoms with E-state index in [2.05, 4.69) is 0 Å². The van der Waals surface area contributed by atoms with Crippen LogP contribution < -0.4 is 0 Å². The third kappa shape index (κ3) is 4.35. The number of esters is 1. The largest absolute Gasteiger partial charge is 0.469 e. The third-order valence-corrected chi connectivity index (χ3v) is 5.74. The normalized spacial score (nSPS) is 25.2. The lowest BCUT2D eigenvalue weighted by atomic mass is 9.94. The summed E-state index contributed by atoms with van der Waals surface area (Å²) in [7, 11) is -1.31. The van der Waals surface area contributed by atoms with E-state index in [1.807, 2.05) is 6.07 Å². The van der Waals surface area contributed by atoms with E-state index in [9.17, 15) is 19.1 Å². The number of hydrogen-bond donors (Lipinski definition) is 2. The zero-order chi connectivity index (χ0) is 19.6. The second kappa shape index (κ2) is 8.02. The zero-order valence-corrected chi connectivity index (χ0v) is 16.2. The minimum Gasteiger partial charge on any atom is -0.469 e. The van der Waals surface area contributed by atoms with Gasteiger partial charge in [0.05, 0.1) is 25.4 Å². The predicted octanol–water partition coefficient (Wildman–Crippen LogP) is 2.09. The summed E-state index contributed by atoms with van der Waals surface area (Å²) < 4.78 is 28.0. The van der Waals surface area contributed by atoms with Gasteiger partial charge in [0, 0.05) is 18.5 Å². The Morgan fingerprint density at radius 2 is 1.85 bits per heavy atom. The van der Waals surface area contributed by atoms with Gasteiger partial charge in [-0.2, -0.15) is 0 Å². The molecule has 27 heavy (non-hydrogen) atoms. The minimum absolute atomic E-state index is 0.0742. The van der Waals surface area contributed by atoms with E-state index >= 15 is 0 Å². The SMILES string of the molecule is COC(OC)=C1C(OC(=O)c2ccccc2)CC2CCC1N2CP(=O)(O)O. The number of nitrogens with zero attached hydrogens (tertiary/aromatic N) is 1. The molecule has 2 fully saturated rings. The average molecular weight is 397 g/mol. The number of piperidine rings is 1. The number of rotatable bonds is 6. The van der Waals surface area contributed by atoms with Crippen LogP contribution in [0.1, 0.15) is 29.6 Å². The molecule has 0 radical (unpaired) electrons. The molecule has 2 aliphatic rings. The lowest BCUT2D eigenvalue weighted by molar-refractivity contribution is 0.00768. The molecule has 3 atom stereocenters. The summed E-state index contributed by atoms with van der Waals surface area (Å²) in [4.78, 5) is 33.2. The molecule has 0 spiro atoms. The van der Waals surface area contributed by atoms with Crippen molar-refractivity contribution in [2.75, 3.05) is 20.5 Å². The van der Waals surface area contributed by atoms with Gasteiger partial charge in [0.2, 0.25) is 0 Å². The summed E-state index contributed by atoms with van der Waals surface area (Å²) in [6.07, 6.45) is 0.967. The number of carbonyl (C=O) groups excluding carboxylic acids is 1. The van der Waals surface area contributed by atoms with Gasteiger partial charge < -0.3 is 24.0 Å². The van der Waals surface area contributed by atoms with Crippen LogP contribution >= 0.6 is 7.60 Å². The average Bonchev–Trinajstić information content (AvgIpc) is 2.89. The zero-order valence-electron chi connectivity index (χ0n) is 15.3. The van der Waals surface area contributed by atoms with Crippen molar-refractivity contribution in [3.8, 4) is 0 Å². The van der Waals surface area contributed by atoms with E-state index < -0.39 is 19.7 Å². The first-order valence-corrected chi connectivity index (χ1v) is 10.5. The van der Waals surface area contributed by atoms with E-state index in [1.165, 1.54) is 14.2 Å². The second-order valence-corrected chi connectivity index (χ2v) is 8.33. The highest BCUT2D eigenvalue weighted by molar-refractivity contribution is 7.51. The third-order valence-electron chi connectivity index (χ3n) is 5.05. The lowest BCUT2D eigenvalue weighted by Crippen LogP contribution is -2.48. The Morgan fingerprint density at radius 3 is 2.44 bits per heavy atom. The number of benzene rings is 1.